The largest absolute Gasteiger partial charge is 0.378 e. The molecule has 0 aromatic rings. The van der Waals surface area contributed by atoms with E-state index >= 15 is 0 Å². The Balaban J connectivity index is -0.00000121. The second-order valence-electron chi connectivity index (χ2n) is 21.9. The Bertz CT molecular complexity index is 877. The third kappa shape index (κ3) is 63.1. The van der Waals surface area contributed by atoms with Crippen LogP contribution in [0.2, 0.25) is 0 Å². The van der Waals surface area contributed by atoms with Gasteiger partial charge in [-0.25, -0.2) is 0 Å². The molecule has 1 amide bonds. The highest BCUT2D eigenvalue weighted by atomic mass is 16.2. The first kappa shape index (κ1) is 73.2. The minimum atomic E-state index is 0.432. The number of hydrogen-bond donors (Lipinski definition) is 1. The highest BCUT2D eigenvalue weighted by Crippen LogP contribution is 2.23. The second kappa shape index (κ2) is 68.0. The maximum atomic E-state index is 13.1. The van der Waals surface area contributed by atoms with Gasteiger partial charge in [-0.05, 0) is 70.2 Å². The van der Waals surface area contributed by atoms with Crippen LogP contribution in [0.15, 0.2) is 12.8 Å². The molecule has 0 aromatic heterocycles. The predicted octanol–water partition coefficient (Wildman–Crippen LogP) is 22.3. The zero-order valence-corrected chi connectivity index (χ0v) is 50.3. The molecular formula is C66H137N3O. The first-order valence-electron chi connectivity index (χ1n) is 32.8. The molecule has 0 spiro atoms. The van der Waals surface area contributed by atoms with Gasteiger partial charge in [0.1, 0.15) is 0 Å². The van der Waals surface area contributed by atoms with E-state index in [9.17, 15) is 4.79 Å². The molecule has 4 nitrogen and oxygen atoms in total. The van der Waals surface area contributed by atoms with E-state index in [1.54, 1.807) is 0 Å². The summed E-state index contributed by atoms with van der Waals surface area (Å²) < 4.78 is 0. The van der Waals surface area contributed by atoms with Crippen molar-refractivity contribution < 1.29 is 4.79 Å². The summed E-state index contributed by atoms with van der Waals surface area (Å²) in [5.74, 6) is 1.48. The van der Waals surface area contributed by atoms with E-state index in [1.807, 2.05) is 13.8 Å². The van der Waals surface area contributed by atoms with Crippen molar-refractivity contribution in [3.63, 3.8) is 0 Å². The first-order valence-corrected chi connectivity index (χ1v) is 32.8. The highest BCUT2D eigenvalue weighted by molar-refractivity contribution is 5.76. The lowest BCUT2D eigenvalue weighted by Crippen LogP contribution is -2.32. The molecule has 0 radical (unpaired) electrons. The van der Waals surface area contributed by atoms with E-state index in [0.717, 1.165) is 31.8 Å². The number of nitrogens with zero attached hydrogens (tertiary/aromatic N) is 2. The van der Waals surface area contributed by atoms with Crippen LogP contribution in [-0.2, 0) is 4.79 Å². The lowest BCUT2D eigenvalue weighted by molar-refractivity contribution is -0.131. The lowest BCUT2D eigenvalue weighted by atomic mass is 10.1. The molecule has 1 fully saturated rings. The SMILES string of the molecule is C=CN(CCCCCCCCCC)CCCCCCCCCC.CC.CC1CCCC1.CCCCCCCCCCN(CCCCCCCCCC)C(=O)CCCCCCCNCCCCCCCC. The molecule has 422 valence electrons. The van der Waals surface area contributed by atoms with E-state index in [4.69, 9.17) is 0 Å². The van der Waals surface area contributed by atoms with Gasteiger partial charge in [0.2, 0.25) is 5.91 Å². The van der Waals surface area contributed by atoms with Crippen molar-refractivity contribution >= 4 is 5.91 Å². The van der Waals surface area contributed by atoms with Gasteiger partial charge < -0.3 is 15.1 Å². The van der Waals surface area contributed by atoms with Gasteiger partial charge in [-0.1, -0.05) is 319 Å². The van der Waals surface area contributed by atoms with Crippen LogP contribution in [-0.4, -0.2) is 55.0 Å². The Morgan fingerprint density at radius 3 is 0.929 bits per heavy atom. The third-order valence-corrected chi connectivity index (χ3v) is 14.9. The van der Waals surface area contributed by atoms with Crippen LogP contribution in [0.25, 0.3) is 0 Å². The van der Waals surface area contributed by atoms with E-state index in [1.165, 1.54) is 322 Å². The zero-order valence-electron chi connectivity index (χ0n) is 50.3. The summed E-state index contributed by atoms with van der Waals surface area (Å²) in [5, 5.41) is 3.62. The Morgan fingerprint density at radius 1 is 0.400 bits per heavy atom. The summed E-state index contributed by atoms with van der Waals surface area (Å²) in [6.07, 6.45) is 67.1. The first-order chi connectivity index (χ1) is 34.5. The molecule has 0 unspecified atom stereocenters. The Kier molecular flexibility index (Phi) is 71.1. The maximum Gasteiger partial charge on any atom is 0.222 e. The molecule has 0 heterocycles. The van der Waals surface area contributed by atoms with Gasteiger partial charge in [-0.3, -0.25) is 4.79 Å². The molecule has 0 saturated heterocycles. The van der Waals surface area contributed by atoms with Crippen molar-refractivity contribution in [2.45, 2.75) is 364 Å². The van der Waals surface area contributed by atoms with Gasteiger partial charge in [0.05, 0.1) is 0 Å². The number of unbranched alkanes of at least 4 members (excludes halogenated alkanes) is 37. The van der Waals surface area contributed by atoms with Gasteiger partial charge in [-0.15, -0.1) is 0 Å². The van der Waals surface area contributed by atoms with E-state index in [-0.39, 0.29) is 0 Å². The van der Waals surface area contributed by atoms with Gasteiger partial charge in [0.15, 0.2) is 0 Å². The summed E-state index contributed by atoms with van der Waals surface area (Å²) in [6.45, 7) is 28.5. The quantitative estimate of drug-likeness (QED) is 0.0617. The smallest absolute Gasteiger partial charge is 0.222 e. The van der Waals surface area contributed by atoms with Crippen molar-refractivity contribution in [2.24, 2.45) is 5.92 Å². The Labute approximate surface area is 445 Å². The average Bonchev–Trinajstić information content (AvgIpc) is 3.87. The molecule has 70 heavy (non-hydrogen) atoms. The standard InChI is InChI=1S/C36H74N2O.C22H45N.C6H12.C2H6/c1-4-7-10-13-16-18-24-29-34-38(35-30-25-19-17-14-11-8-5-2)36(39)31-26-21-20-23-28-33-37-32-27-22-15-12-9-6-3;1-4-7-9-11-13-15-17-19-21-23(6-3)22-20-18-16-14-12-10-8-5-2;1-6-4-2-3-5-6;1-2/h37H,4-35H2,1-3H3;6H,3-5,7-22H2,1-2H3;6H,2-5H2,1H3;1-2H3. The van der Waals surface area contributed by atoms with E-state index in [0.29, 0.717) is 5.91 Å². The number of carbonyl (C=O) groups excluding carboxylic acids is 1. The lowest BCUT2D eigenvalue weighted by Gasteiger charge is -2.23. The summed E-state index contributed by atoms with van der Waals surface area (Å²) in [4.78, 5) is 17.7. The van der Waals surface area contributed by atoms with Crippen LogP contribution in [0.5, 0.6) is 0 Å². The normalized spacial score (nSPS) is 12.2. The molecule has 1 saturated carbocycles. The number of rotatable bonds is 52. The summed E-state index contributed by atoms with van der Waals surface area (Å²) >= 11 is 0. The third-order valence-electron chi connectivity index (χ3n) is 14.9. The van der Waals surface area contributed by atoms with Crippen molar-refractivity contribution in [2.75, 3.05) is 39.3 Å². The molecule has 1 rings (SSSR count). The average molecular weight is 989 g/mol. The van der Waals surface area contributed by atoms with Crippen LogP contribution in [0.4, 0.5) is 0 Å². The van der Waals surface area contributed by atoms with Gasteiger partial charge in [0.25, 0.3) is 0 Å². The number of nitrogens with one attached hydrogen (secondary N) is 1. The topological polar surface area (TPSA) is 35.6 Å². The molecule has 0 atom stereocenters. The van der Waals surface area contributed by atoms with Crippen molar-refractivity contribution in [3.8, 4) is 0 Å². The van der Waals surface area contributed by atoms with Crippen molar-refractivity contribution in [3.05, 3.63) is 12.8 Å². The minimum absolute atomic E-state index is 0.432. The van der Waals surface area contributed by atoms with Crippen LogP contribution >= 0.6 is 0 Å². The Morgan fingerprint density at radius 2 is 0.657 bits per heavy atom. The van der Waals surface area contributed by atoms with E-state index < -0.39 is 0 Å². The van der Waals surface area contributed by atoms with Gasteiger partial charge >= 0.3 is 0 Å². The van der Waals surface area contributed by atoms with E-state index in [2.05, 4.69) is 69.4 Å². The number of carbonyl (C=O) groups is 1. The highest BCUT2D eigenvalue weighted by Gasteiger charge is 2.13. The number of amides is 1. The van der Waals surface area contributed by atoms with Crippen LogP contribution in [0.3, 0.4) is 0 Å². The summed E-state index contributed by atoms with van der Waals surface area (Å²) in [6, 6.07) is 0. The fraction of sp³-hybridized carbons (Fsp3) is 0.955. The second-order valence-corrected chi connectivity index (χ2v) is 21.9. The Hall–Kier alpha value is -1.03. The van der Waals surface area contributed by atoms with Crippen molar-refractivity contribution in [1.82, 2.24) is 15.1 Å². The van der Waals surface area contributed by atoms with Crippen LogP contribution in [0, 0.1) is 5.92 Å². The van der Waals surface area contributed by atoms with Crippen molar-refractivity contribution in [1.29, 1.82) is 0 Å². The fourth-order valence-corrected chi connectivity index (χ4v) is 9.93. The molecular weight excluding hydrogens is 851 g/mol. The zero-order chi connectivity index (χ0) is 51.9. The monoisotopic (exact) mass is 988 g/mol. The molecule has 1 aliphatic carbocycles. The van der Waals surface area contributed by atoms with Gasteiger partial charge in [0, 0.05) is 32.6 Å². The molecule has 0 aliphatic heterocycles. The molecule has 0 aromatic carbocycles. The van der Waals surface area contributed by atoms with Crippen LogP contribution < -0.4 is 5.32 Å². The summed E-state index contributed by atoms with van der Waals surface area (Å²) in [5.41, 5.74) is 0. The van der Waals surface area contributed by atoms with Crippen LogP contribution in [0.1, 0.15) is 364 Å². The molecule has 1 N–H and O–H groups in total. The van der Waals surface area contributed by atoms with Gasteiger partial charge in [-0.2, -0.15) is 0 Å². The molecule has 1 aliphatic rings. The number of hydrogen-bond acceptors (Lipinski definition) is 3. The molecule has 0 bridgehead atoms. The fourth-order valence-electron chi connectivity index (χ4n) is 9.93. The predicted molar refractivity (Wildman–Crippen MR) is 322 cm³/mol. The summed E-state index contributed by atoms with van der Waals surface area (Å²) in [7, 11) is 0. The minimum Gasteiger partial charge on any atom is -0.378 e. The molecule has 4 heteroatoms. The maximum absolute atomic E-state index is 13.1.